The van der Waals surface area contributed by atoms with Crippen LogP contribution in [0.2, 0.25) is 0 Å². The Morgan fingerprint density at radius 1 is 1.14 bits per heavy atom. The molecular weight excluding hydrogens is 484 g/mol. The van der Waals surface area contributed by atoms with Gasteiger partial charge in [-0.25, -0.2) is 13.1 Å². The molecule has 2 aromatic carbocycles. The lowest BCUT2D eigenvalue weighted by molar-refractivity contribution is 0.00490. The van der Waals surface area contributed by atoms with Gasteiger partial charge >= 0.3 is 0 Å². The average Bonchev–Trinajstić information content (AvgIpc) is 2.95. The number of benzene rings is 2. The number of nitrogens with zero attached hydrogens (tertiary/aromatic N) is 3. The van der Waals surface area contributed by atoms with Gasteiger partial charge in [0.05, 0.1) is 24.2 Å². The van der Waals surface area contributed by atoms with E-state index in [-0.39, 0.29) is 10.9 Å². The van der Waals surface area contributed by atoms with Gasteiger partial charge < -0.3 is 4.74 Å². The summed E-state index contributed by atoms with van der Waals surface area (Å²) < 4.78 is 36.7. The van der Waals surface area contributed by atoms with E-state index in [1.807, 2.05) is 42.5 Å². The minimum Gasteiger partial charge on any atom is -0.497 e. The Morgan fingerprint density at radius 3 is 2.78 bits per heavy atom. The number of rotatable bonds is 7. The summed E-state index contributed by atoms with van der Waals surface area (Å²) >= 11 is 0. The summed E-state index contributed by atoms with van der Waals surface area (Å²) in [6, 6.07) is 16.2. The fourth-order valence-corrected chi connectivity index (χ4v) is 7.57. The van der Waals surface area contributed by atoms with Crippen LogP contribution in [0.4, 0.5) is 0 Å². The summed E-state index contributed by atoms with van der Waals surface area (Å²) in [5.41, 5.74) is 2.16. The predicted octanol–water partition coefficient (Wildman–Crippen LogP) is 4.71. The van der Waals surface area contributed by atoms with Crippen molar-refractivity contribution in [2.75, 3.05) is 20.2 Å². The molecule has 7 nitrogen and oxygen atoms in total. The van der Waals surface area contributed by atoms with Crippen molar-refractivity contribution in [3.63, 3.8) is 0 Å². The van der Waals surface area contributed by atoms with Gasteiger partial charge in [-0.3, -0.25) is 14.9 Å². The number of aromatic nitrogens is 2. The number of methoxy groups -OCH3 is 1. The first-order chi connectivity index (χ1) is 18.0. The minimum absolute atomic E-state index is 0.00413. The molecule has 0 aliphatic carbocycles. The molecule has 3 fully saturated rings. The van der Waals surface area contributed by atoms with E-state index in [2.05, 4.69) is 32.2 Å². The highest BCUT2D eigenvalue weighted by atomic mass is 32.2. The smallest absolute Gasteiger partial charge is 0.243 e. The average molecular weight is 515 g/mol. The van der Waals surface area contributed by atoms with E-state index in [1.54, 1.807) is 31.6 Å². The molecular formula is C29H30N4O3S. The van der Waals surface area contributed by atoms with Gasteiger partial charge in [-0.15, -0.1) is 6.58 Å². The number of fused-ring (bicyclic) bond motifs is 5. The molecule has 0 saturated carbocycles. The van der Waals surface area contributed by atoms with E-state index in [4.69, 9.17) is 4.74 Å². The Kier molecular flexibility index (Phi) is 6.18. The number of sulfonamides is 1. The summed E-state index contributed by atoms with van der Waals surface area (Å²) in [6.45, 7) is 5.88. The second kappa shape index (κ2) is 9.52. The molecule has 7 rings (SSSR count). The number of nitrogens with one attached hydrogen (secondary N) is 1. The summed E-state index contributed by atoms with van der Waals surface area (Å²) in [7, 11) is -2.28. The highest BCUT2D eigenvalue weighted by Crippen LogP contribution is 2.43. The summed E-state index contributed by atoms with van der Waals surface area (Å²) in [5, 5.41) is 1.67. The molecule has 3 aliphatic heterocycles. The van der Waals surface area contributed by atoms with E-state index in [9.17, 15) is 8.42 Å². The Bertz CT molecular complexity index is 1580. The van der Waals surface area contributed by atoms with Crippen LogP contribution in [0.5, 0.6) is 5.75 Å². The maximum absolute atomic E-state index is 14.0. The second-order valence-electron chi connectivity index (χ2n) is 9.96. The van der Waals surface area contributed by atoms with Gasteiger partial charge in [-0.05, 0) is 73.2 Å². The molecule has 1 N–H and O–H groups in total. The SMILES string of the molecule is C=C[C@H]1CN2CC[C@H]1C[C@@H]2[C@H](NS(=O)(=O)c1cccc2cccnc12)c1ccnc2ccc(OC)cc12. The third kappa shape index (κ3) is 4.29. The van der Waals surface area contributed by atoms with Crippen molar-refractivity contribution < 1.29 is 13.2 Å². The second-order valence-corrected chi connectivity index (χ2v) is 11.6. The Hall–Kier alpha value is -3.33. The molecule has 2 bridgehead atoms. The van der Waals surface area contributed by atoms with E-state index >= 15 is 0 Å². The van der Waals surface area contributed by atoms with Crippen LogP contribution < -0.4 is 9.46 Å². The third-order valence-electron chi connectivity index (χ3n) is 8.02. The van der Waals surface area contributed by atoms with Crippen molar-refractivity contribution in [1.82, 2.24) is 19.6 Å². The van der Waals surface area contributed by atoms with E-state index in [0.717, 1.165) is 47.8 Å². The first-order valence-corrected chi connectivity index (χ1v) is 14.1. The van der Waals surface area contributed by atoms with Gasteiger partial charge in [0.25, 0.3) is 0 Å². The highest BCUT2D eigenvalue weighted by Gasteiger charge is 2.44. The van der Waals surface area contributed by atoms with Gasteiger partial charge in [-0.1, -0.05) is 24.3 Å². The van der Waals surface area contributed by atoms with Crippen molar-refractivity contribution in [1.29, 1.82) is 0 Å². The zero-order valence-electron chi connectivity index (χ0n) is 20.7. The van der Waals surface area contributed by atoms with Crippen LogP contribution in [0.3, 0.4) is 0 Å². The van der Waals surface area contributed by atoms with Gasteiger partial charge in [0.15, 0.2) is 0 Å². The Balaban J connectivity index is 1.49. The molecule has 3 saturated heterocycles. The predicted molar refractivity (Wildman–Crippen MR) is 145 cm³/mol. The maximum atomic E-state index is 14.0. The molecule has 1 unspecified atom stereocenters. The quantitative estimate of drug-likeness (QED) is 0.360. The largest absolute Gasteiger partial charge is 0.497 e. The minimum atomic E-state index is -3.91. The van der Waals surface area contributed by atoms with Crippen LogP contribution in [-0.4, -0.2) is 49.5 Å². The Labute approximate surface area is 217 Å². The normalized spacial score (nSPS) is 24.2. The molecule has 4 aromatic rings. The van der Waals surface area contributed by atoms with E-state index < -0.39 is 16.1 Å². The monoisotopic (exact) mass is 514 g/mol. The van der Waals surface area contributed by atoms with Crippen molar-refractivity contribution in [2.45, 2.75) is 29.8 Å². The standard InChI is InChI=1S/C29H30N4O3S/c1-3-19-18-33-15-12-21(19)16-26(33)29(23-11-14-30-25-10-9-22(36-2)17-24(23)25)32-37(34,35)27-8-4-6-20-7-5-13-31-28(20)27/h3-11,13-14,17,19,21,26,29,32H,1,12,15-16,18H2,2H3/t19-,21-,26+,29+/m0/s1. The van der Waals surface area contributed by atoms with Gasteiger partial charge in [0, 0.05) is 35.8 Å². The molecule has 0 radical (unpaired) electrons. The topological polar surface area (TPSA) is 84.4 Å². The van der Waals surface area contributed by atoms with Crippen molar-refractivity contribution in [3.8, 4) is 5.75 Å². The van der Waals surface area contributed by atoms with Crippen LogP contribution in [-0.2, 0) is 10.0 Å². The van der Waals surface area contributed by atoms with Crippen LogP contribution in [0.15, 0.2) is 84.5 Å². The lowest BCUT2D eigenvalue weighted by Gasteiger charge is -2.51. The maximum Gasteiger partial charge on any atom is 0.243 e. The molecule has 190 valence electrons. The lowest BCUT2D eigenvalue weighted by atomic mass is 9.73. The first-order valence-electron chi connectivity index (χ1n) is 12.6. The van der Waals surface area contributed by atoms with Crippen molar-refractivity contribution in [3.05, 3.63) is 85.2 Å². The molecule has 5 heterocycles. The molecule has 8 heteroatoms. The third-order valence-corrected chi connectivity index (χ3v) is 9.50. The van der Waals surface area contributed by atoms with Crippen LogP contribution in [0.25, 0.3) is 21.8 Å². The summed E-state index contributed by atoms with van der Waals surface area (Å²) in [5.74, 6) is 1.62. The molecule has 0 spiro atoms. The Morgan fingerprint density at radius 2 is 2.00 bits per heavy atom. The van der Waals surface area contributed by atoms with Gasteiger partial charge in [0.1, 0.15) is 10.6 Å². The van der Waals surface area contributed by atoms with E-state index in [0.29, 0.717) is 23.1 Å². The highest BCUT2D eigenvalue weighted by molar-refractivity contribution is 7.89. The number of hydrogen-bond donors (Lipinski definition) is 1. The number of hydrogen-bond acceptors (Lipinski definition) is 6. The van der Waals surface area contributed by atoms with Crippen LogP contribution in [0, 0.1) is 11.8 Å². The fraction of sp³-hybridized carbons (Fsp3) is 0.310. The molecule has 5 atom stereocenters. The number of ether oxygens (including phenoxy) is 1. The molecule has 3 aliphatic rings. The summed E-state index contributed by atoms with van der Waals surface area (Å²) in [4.78, 5) is 11.6. The van der Waals surface area contributed by atoms with Gasteiger partial charge in [-0.2, -0.15) is 0 Å². The van der Waals surface area contributed by atoms with E-state index in [1.165, 1.54) is 0 Å². The molecule has 37 heavy (non-hydrogen) atoms. The first kappa shape index (κ1) is 24.0. The zero-order chi connectivity index (χ0) is 25.6. The number of piperidine rings is 3. The van der Waals surface area contributed by atoms with Gasteiger partial charge in [0.2, 0.25) is 10.0 Å². The van der Waals surface area contributed by atoms with Crippen molar-refractivity contribution >= 4 is 31.8 Å². The number of pyridine rings is 2. The zero-order valence-corrected chi connectivity index (χ0v) is 21.6. The van der Waals surface area contributed by atoms with Crippen LogP contribution >= 0.6 is 0 Å². The molecule has 2 aromatic heterocycles. The summed E-state index contributed by atoms with van der Waals surface area (Å²) in [6.07, 6.45) is 7.44. The lowest BCUT2D eigenvalue weighted by Crippen LogP contribution is -2.57. The molecule has 0 amide bonds. The van der Waals surface area contributed by atoms with Crippen LogP contribution in [0.1, 0.15) is 24.4 Å². The van der Waals surface area contributed by atoms with Crippen molar-refractivity contribution in [2.24, 2.45) is 11.8 Å². The number of para-hydroxylation sites is 1. The fourth-order valence-electron chi connectivity index (χ4n) is 6.14.